The van der Waals surface area contributed by atoms with Gasteiger partial charge in [0, 0.05) is 11.8 Å². The van der Waals surface area contributed by atoms with Crippen molar-refractivity contribution in [3.63, 3.8) is 0 Å². The molecule has 0 saturated carbocycles. The van der Waals surface area contributed by atoms with E-state index in [4.69, 9.17) is 5.73 Å². The highest BCUT2D eigenvalue weighted by Crippen LogP contribution is 2.35. The van der Waals surface area contributed by atoms with Crippen molar-refractivity contribution in [3.8, 4) is 0 Å². The van der Waals surface area contributed by atoms with Gasteiger partial charge in [0.15, 0.2) is 0 Å². The van der Waals surface area contributed by atoms with Crippen molar-refractivity contribution in [1.82, 2.24) is 0 Å². The van der Waals surface area contributed by atoms with Crippen LogP contribution >= 0.6 is 0 Å². The maximum absolute atomic E-state index is 13.7. The van der Waals surface area contributed by atoms with Crippen LogP contribution in [-0.4, -0.2) is 11.8 Å². The summed E-state index contributed by atoms with van der Waals surface area (Å²) < 4.78 is 13.7. The molecule has 1 aliphatic heterocycles. The number of para-hydroxylation sites is 1. The van der Waals surface area contributed by atoms with Crippen molar-refractivity contribution in [2.24, 2.45) is 11.8 Å². The van der Waals surface area contributed by atoms with Gasteiger partial charge in [0.1, 0.15) is 11.5 Å². The van der Waals surface area contributed by atoms with Crippen molar-refractivity contribution >= 4 is 23.2 Å². The average molecular weight is 236 g/mol. The predicted octanol–water partition coefficient (Wildman–Crippen LogP) is 1.55. The molecule has 5 heteroatoms. The first-order valence-electron chi connectivity index (χ1n) is 5.37. The number of nitrogens with two attached hydrogens (primary N) is 1. The lowest BCUT2D eigenvalue weighted by Crippen LogP contribution is -2.32. The number of nitrogen functional groups attached to an aromatic ring is 1. The fraction of sp³-hybridized carbons (Fsp3) is 0.333. The summed E-state index contributed by atoms with van der Waals surface area (Å²) >= 11 is 0. The SMILES string of the molecule is CC1C(=O)N(c2c(N)cccc2F)C(=O)C1C. The Hall–Kier alpha value is -1.91. The Morgan fingerprint density at radius 2 is 1.71 bits per heavy atom. The molecular weight excluding hydrogens is 223 g/mol. The van der Waals surface area contributed by atoms with Crippen LogP contribution in [0.25, 0.3) is 0 Å². The van der Waals surface area contributed by atoms with Gasteiger partial charge in [0.05, 0.1) is 5.69 Å². The molecular formula is C12H13FN2O2. The minimum Gasteiger partial charge on any atom is -0.397 e. The number of carbonyl (C=O) groups excluding carboxylic acids is 2. The van der Waals surface area contributed by atoms with Crippen LogP contribution in [-0.2, 0) is 9.59 Å². The average Bonchev–Trinajstić information content (AvgIpc) is 2.46. The summed E-state index contributed by atoms with van der Waals surface area (Å²) in [5.41, 5.74) is 5.59. The zero-order chi connectivity index (χ0) is 12.7. The first-order chi connectivity index (χ1) is 7.95. The minimum atomic E-state index is -0.659. The molecule has 0 bridgehead atoms. The number of anilines is 2. The van der Waals surface area contributed by atoms with E-state index in [9.17, 15) is 14.0 Å². The van der Waals surface area contributed by atoms with Gasteiger partial charge in [-0.2, -0.15) is 0 Å². The zero-order valence-electron chi connectivity index (χ0n) is 9.61. The topological polar surface area (TPSA) is 63.4 Å². The highest BCUT2D eigenvalue weighted by atomic mass is 19.1. The number of hydrogen-bond donors (Lipinski definition) is 1. The van der Waals surface area contributed by atoms with Gasteiger partial charge in [-0.05, 0) is 12.1 Å². The second kappa shape index (κ2) is 3.84. The fourth-order valence-electron chi connectivity index (χ4n) is 1.93. The normalized spacial score (nSPS) is 24.5. The molecule has 1 heterocycles. The number of carbonyl (C=O) groups is 2. The van der Waals surface area contributed by atoms with Crippen LogP contribution in [0.1, 0.15) is 13.8 Å². The number of hydrogen-bond acceptors (Lipinski definition) is 3. The molecule has 4 nitrogen and oxygen atoms in total. The Balaban J connectivity index is 2.55. The minimum absolute atomic E-state index is 0.0907. The van der Waals surface area contributed by atoms with Crippen molar-refractivity contribution in [1.29, 1.82) is 0 Å². The largest absolute Gasteiger partial charge is 0.397 e. The highest BCUT2D eigenvalue weighted by Gasteiger charge is 2.44. The molecule has 1 aromatic carbocycles. The van der Waals surface area contributed by atoms with Gasteiger partial charge in [-0.25, -0.2) is 9.29 Å². The summed E-state index contributed by atoms with van der Waals surface area (Å²) in [5.74, 6) is -2.35. The number of amides is 2. The Kier molecular flexibility index (Phi) is 2.61. The van der Waals surface area contributed by atoms with Gasteiger partial charge in [0.25, 0.3) is 0 Å². The molecule has 0 aromatic heterocycles. The molecule has 2 unspecified atom stereocenters. The van der Waals surface area contributed by atoms with Crippen molar-refractivity contribution < 1.29 is 14.0 Å². The zero-order valence-corrected chi connectivity index (χ0v) is 9.61. The van der Waals surface area contributed by atoms with Crippen LogP contribution < -0.4 is 10.6 Å². The van der Waals surface area contributed by atoms with Crippen LogP contribution in [0.2, 0.25) is 0 Å². The van der Waals surface area contributed by atoms with E-state index in [1.807, 2.05) is 0 Å². The van der Waals surface area contributed by atoms with E-state index in [0.29, 0.717) is 0 Å². The van der Waals surface area contributed by atoms with Crippen molar-refractivity contribution in [2.75, 3.05) is 10.6 Å². The third-order valence-electron chi connectivity index (χ3n) is 3.21. The maximum Gasteiger partial charge on any atom is 0.237 e. The van der Waals surface area contributed by atoms with E-state index >= 15 is 0 Å². The molecule has 17 heavy (non-hydrogen) atoms. The standard InChI is InChI=1S/C12H13FN2O2/c1-6-7(2)12(17)15(11(6)16)10-8(13)4-3-5-9(10)14/h3-7H,14H2,1-2H3. The number of nitrogens with zero attached hydrogens (tertiary/aromatic N) is 1. The molecule has 0 spiro atoms. The molecule has 2 amide bonds. The molecule has 2 N–H and O–H groups in total. The van der Waals surface area contributed by atoms with E-state index in [1.54, 1.807) is 13.8 Å². The Bertz CT molecular complexity index is 461. The molecule has 1 fully saturated rings. The summed E-state index contributed by atoms with van der Waals surface area (Å²) in [6, 6.07) is 4.08. The summed E-state index contributed by atoms with van der Waals surface area (Å²) in [6.45, 7) is 3.31. The molecule has 1 saturated heterocycles. The van der Waals surface area contributed by atoms with Gasteiger partial charge in [-0.1, -0.05) is 19.9 Å². The number of rotatable bonds is 1. The fourth-order valence-corrected chi connectivity index (χ4v) is 1.93. The van der Waals surface area contributed by atoms with Gasteiger partial charge in [-0.15, -0.1) is 0 Å². The number of halogens is 1. The van der Waals surface area contributed by atoms with Gasteiger partial charge < -0.3 is 5.73 Å². The molecule has 1 aromatic rings. The first-order valence-corrected chi connectivity index (χ1v) is 5.37. The lowest BCUT2D eigenvalue weighted by Gasteiger charge is -2.17. The highest BCUT2D eigenvalue weighted by molar-refractivity contribution is 6.23. The van der Waals surface area contributed by atoms with Crippen LogP contribution in [0.15, 0.2) is 18.2 Å². The van der Waals surface area contributed by atoms with E-state index < -0.39 is 29.5 Å². The molecule has 90 valence electrons. The number of imide groups is 1. The van der Waals surface area contributed by atoms with Gasteiger partial charge in [-0.3, -0.25) is 9.59 Å². The molecule has 2 atom stereocenters. The summed E-state index contributed by atoms with van der Waals surface area (Å²) in [7, 11) is 0. The number of benzene rings is 1. The van der Waals surface area contributed by atoms with Gasteiger partial charge >= 0.3 is 0 Å². The molecule has 0 radical (unpaired) electrons. The summed E-state index contributed by atoms with van der Waals surface area (Å²) in [5, 5.41) is 0. The Morgan fingerprint density at radius 1 is 1.18 bits per heavy atom. The van der Waals surface area contributed by atoms with Gasteiger partial charge in [0.2, 0.25) is 11.8 Å². The molecule has 0 aliphatic carbocycles. The van der Waals surface area contributed by atoms with Crippen LogP contribution in [0.3, 0.4) is 0 Å². The lowest BCUT2D eigenvalue weighted by atomic mass is 10.00. The third-order valence-corrected chi connectivity index (χ3v) is 3.21. The second-order valence-electron chi connectivity index (χ2n) is 4.27. The smallest absolute Gasteiger partial charge is 0.237 e. The quantitative estimate of drug-likeness (QED) is 0.594. The third kappa shape index (κ3) is 1.58. The van der Waals surface area contributed by atoms with E-state index in [0.717, 1.165) is 4.90 Å². The summed E-state index contributed by atoms with van der Waals surface area (Å²) in [4.78, 5) is 24.7. The Labute approximate surface area is 98.2 Å². The summed E-state index contributed by atoms with van der Waals surface area (Å²) in [6.07, 6.45) is 0. The van der Waals surface area contributed by atoms with E-state index in [-0.39, 0.29) is 11.4 Å². The van der Waals surface area contributed by atoms with Crippen molar-refractivity contribution in [3.05, 3.63) is 24.0 Å². The van der Waals surface area contributed by atoms with Crippen LogP contribution in [0.4, 0.5) is 15.8 Å². The second-order valence-corrected chi connectivity index (χ2v) is 4.27. The Morgan fingerprint density at radius 3 is 2.18 bits per heavy atom. The van der Waals surface area contributed by atoms with Crippen LogP contribution in [0, 0.1) is 17.7 Å². The predicted molar refractivity (Wildman–Crippen MR) is 61.6 cm³/mol. The molecule has 1 aliphatic rings. The first kappa shape index (κ1) is 11.6. The molecule has 2 rings (SSSR count). The van der Waals surface area contributed by atoms with E-state index in [2.05, 4.69) is 0 Å². The van der Waals surface area contributed by atoms with E-state index in [1.165, 1.54) is 18.2 Å². The van der Waals surface area contributed by atoms with Crippen molar-refractivity contribution in [2.45, 2.75) is 13.8 Å². The lowest BCUT2D eigenvalue weighted by molar-refractivity contribution is -0.122. The van der Waals surface area contributed by atoms with Crippen LogP contribution in [0.5, 0.6) is 0 Å². The maximum atomic E-state index is 13.7. The monoisotopic (exact) mass is 236 g/mol.